The maximum Gasteiger partial charge on any atom is 0.270 e. The molecule has 0 bridgehead atoms. The molecule has 144 valence electrons. The summed E-state index contributed by atoms with van der Waals surface area (Å²) in [6.07, 6.45) is 2.48. The van der Waals surface area contributed by atoms with Crippen LogP contribution in [0.5, 0.6) is 0 Å². The molecule has 0 fully saturated rings. The second kappa shape index (κ2) is 8.76. The number of para-hydroxylation sites is 2. The molecule has 9 nitrogen and oxygen atoms in total. The first-order chi connectivity index (χ1) is 13.5. The van der Waals surface area contributed by atoms with E-state index in [-0.39, 0.29) is 23.7 Å². The van der Waals surface area contributed by atoms with E-state index in [0.717, 1.165) is 11.0 Å². The number of rotatable bonds is 8. The standard InChI is InChI=1S/C19H19N5O4/c25-18(12-21-19(26)14-5-3-6-15(11-14)24(27)28)20-9-4-10-23-13-22-16-7-1-2-8-17(16)23/h1-3,5-8,11,13H,4,9-10,12H2,(H,20,25)(H,21,26). The predicted octanol–water partition coefficient (Wildman–Crippen LogP) is 1.88. The van der Waals surface area contributed by atoms with Crippen molar-refractivity contribution in [2.45, 2.75) is 13.0 Å². The minimum Gasteiger partial charge on any atom is -0.355 e. The maximum absolute atomic E-state index is 12.0. The zero-order valence-corrected chi connectivity index (χ0v) is 15.0. The van der Waals surface area contributed by atoms with Crippen molar-refractivity contribution in [3.63, 3.8) is 0 Å². The fourth-order valence-electron chi connectivity index (χ4n) is 2.75. The first kappa shape index (κ1) is 19.0. The van der Waals surface area contributed by atoms with Crippen LogP contribution in [0, 0.1) is 10.1 Å². The molecule has 0 aliphatic rings. The average Bonchev–Trinajstić information content (AvgIpc) is 3.12. The number of aryl methyl sites for hydroxylation is 1. The van der Waals surface area contributed by atoms with Crippen LogP contribution in [0.4, 0.5) is 5.69 Å². The lowest BCUT2D eigenvalue weighted by Gasteiger charge is -2.08. The van der Waals surface area contributed by atoms with E-state index >= 15 is 0 Å². The molecule has 0 atom stereocenters. The number of non-ortho nitro benzene ring substituents is 1. The highest BCUT2D eigenvalue weighted by molar-refractivity contribution is 5.96. The Morgan fingerprint density at radius 3 is 2.75 bits per heavy atom. The van der Waals surface area contributed by atoms with Crippen molar-refractivity contribution in [2.75, 3.05) is 13.1 Å². The van der Waals surface area contributed by atoms with Crippen molar-refractivity contribution in [3.05, 3.63) is 70.5 Å². The van der Waals surface area contributed by atoms with Crippen LogP contribution in [0.15, 0.2) is 54.9 Å². The van der Waals surface area contributed by atoms with Gasteiger partial charge in [-0.3, -0.25) is 19.7 Å². The molecule has 2 aromatic carbocycles. The highest BCUT2D eigenvalue weighted by atomic mass is 16.6. The molecule has 0 saturated carbocycles. The van der Waals surface area contributed by atoms with Crippen molar-refractivity contribution in [2.24, 2.45) is 0 Å². The lowest BCUT2D eigenvalue weighted by atomic mass is 10.2. The van der Waals surface area contributed by atoms with E-state index in [0.29, 0.717) is 19.5 Å². The zero-order valence-electron chi connectivity index (χ0n) is 15.0. The van der Waals surface area contributed by atoms with Gasteiger partial charge in [-0.05, 0) is 24.6 Å². The van der Waals surface area contributed by atoms with Gasteiger partial charge in [-0.1, -0.05) is 18.2 Å². The van der Waals surface area contributed by atoms with Crippen LogP contribution < -0.4 is 10.6 Å². The molecule has 28 heavy (non-hydrogen) atoms. The van der Waals surface area contributed by atoms with Crippen molar-refractivity contribution >= 4 is 28.5 Å². The third kappa shape index (κ3) is 4.70. The van der Waals surface area contributed by atoms with Crippen LogP contribution in [-0.2, 0) is 11.3 Å². The molecule has 0 saturated heterocycles. The molecule has 1 heterocycles. The number of benzene rings is 2. The molecule has 0 aliphatic heterocycles. The van der Waals surface area contributed by atoms with Crippen LogP contribution >= 0.6 is 0 Å². The third-order valence-electron chi connectivity index (χ3n) is 4.15. The third-order valence-corrected chi connectivity index (χ3v) is 4.15. The second-order valence-corrected chi connectivity index (χ2v) is 6.12. The number of nitro groups is 1. The minimum absolute atomic E-state index is 0.133. The highest BCUT2D eigenvalue weighted by Gasteiger charge is 2.12. The van der Waals surface area contributed by atoms with Gasteiger partial charge in [0.2, 0.25) is 5.91 Å². The Balaban J connectivity index is 1.40. The summed E-state index contributed by atoms with van der Waals surface area (Å²) in [5, 5.41) is 15.9. The van der Waals surface area contributed by atoms with Crippen molar-refractivity contribution in [1.82, 2.24) is 20.2 Å². The van der Waals surface area contributed by atoms with E-state index in [1.807, 2.05) is 28.8 Å². The Labute approximate surface area is 160 Å². The number of nitrogens with one attached hydrogen (secondary N) is 2. The van der Waals surface area contributed by atoms with Gasteiger partial charge in [0.05, 0.1) is 28.8 Å². The van der Waals surface area contributed by atoms with E-state index in [9.17, 15) is 19.7 Å². The van der Waals surface area contributed by atoms with Gasteiger partial charge in [0.1, 0.15) is 0 Å². The predicted molar refractivity (Wildman–Crippen MR) is 103 cm³/mol. The van der Waals surface area contributed by atoms with Crippen LogP contribution in [0.3, 0.4) is 0 Å². The Kier molecular flexibility index (Phi) is 5.95. The van der Waals surface area contributed by atoms with Crippen molar-refractivity contribution in [3.8, 4) is 0 Å². The van der Waals surface area contributed by atoms with Gasteiger partial charge < -0.3 is 15.2 Å². The van der Waals surface area contributed by atoms with Crippen LogP contribution in [0.25, 0.3) is 11.0 Å². The van der Waals surface area contributed by atoms with Gasteiger partial charge in [-0.25, -0.2) is 4.98 Å². The van der Waals surface area contributed by atoms with Gasteiger partial charge in [0.15, 0.2) is 0 Å². The smallest absolute Gasteiger partial charge is 0.270 e. The summed E-state index contributed by atoms with van der Waals surface area (Å²) in [5.41, 5.74) is 1.92. The molecule has 0 aliphatic carbocycles. The minimum atomic E-state index is -0.576. The Morgan fingerprint density at radius 2 is 1.93 bits per heavy atom. The van der Waals surface area contributed by atoms with Gasteiger partial charge in [0, 0.05) is 30.8 Å². The van der Waals surface area contributed by atoms with E-state index in [1.54, 1.807) is 6.33 Å². The molecular weight excluding hydrogens is 362 g/mol. The Hall–Kier alpha value is -3.75. The number of hydrogen-bond acceptors (Lipinski definition) is 5. The summed E-state index contributed by atoms with van der Waals surface area (Å²) in [4.78, 5) is 38.4. The number of amides is 2. The number of fused-ring (bicyclic) bond motifs is 1. The molecule has 0 unspecified atom stereocenters. The first-order valence-electron chi connectivity index (χ1n) is 8.74. The summed E-state index contributed by atoms with van der Waals surface area (Å²) in [5.74, 6) is -0.863. The highest BCUT2D eigenvalue weighted by Crippen LogP contribution is 2.13. The quantitative estimate of drug-likeness (QED) is 0.351. The summed E-state index contributed by atoms with van der Waals surface area (Å²) >= 11 is 0. The maximum atomic E-state index is 12.0. The number of carbonyl (C=O) groups excluding carboxylic acids is 2. The number of nitrogens with zero attached hydrogens (tertiary/aromatic N) is 3. The van der Waals surface area contributed by atoms with Gasteiger partial charge >= 0.3 is 0 Å². The molecule has 0 radical (unpaired) electrons. The summed E-state index contributed by atoms with van der Waals surface area (Å²) < 4.78 is 2.02. The van der Waals surface area contributed by atoms with Crippen molar-refractivity contribution in [1.29, 1.82) is 0 Å². The molecule has 3 aromatic rings. The normalized spacial score (nSPS) is 10.6. The van der Waals surface area contributed by atoms with E-state index in [2.05, 4.69) is 15.6 Å². The SMILES string of the molecule is O=C(CNC(=O)c1cccc([N+](=O)[O-])c1)NCCCn1cnc2ccccc21. The van der Waals surface area contributed by atoms with Crippen LogP contribution in [-0.4, -0.2) is 39.4 Å². The number of nitro benzene ring substituents is 1. The first-order valence-corrected chi connectivity index (χ1v) is 8.74. The molecule has 0 spiro atoms. The molecular formula is C19H19N5O4. The van der Waals surface area contributed by atoms with Crippen LogP contribution in [0.2, 0.25) is 0 Å². The molecule has 2 amide bonds. The summed E-state index contributed by atoms with van der Waals surface area (Å²) in [6, 6.07) is 13.2. The van der Waals surface area contributed by atoms with Gasteiger partial charge in [-0.15, -0.1) is 0 Å². The number of imidazole rings is 1. The topological polar surface area (TPSA) is 119 Å². The van der Waals surface area contributed by atoms with E-state index < -0.39 is 10.8 Å². The Bertz CT molecular complexity index is 1010. The molecule has 2 N–H and O–H groups in total. The largest absolute Gasteiger partial charge is 0.355 e. The van der Waals surface area contributed by atoms with Crippen molar-refractivity contribution < 1.29 is 14.5 Å². The average molecular weight is 381 g/mol. The summed E-state index contributed by atoms with van der Waals surface area (Å²) in [7, 11) is 0. The number of hydrogen-bond donors (Lipinski definition) is 2. The lowest BCUT2D eigenvalue weighted by Crippen LogP contribution is -2.37. The molecule has 9 heteroatoms. The van der Waals surface area contributed by atoms with E-state index in [4.69, 9.17) is 0 Å². The fraction of sp³-hybridized carbons (Fsp3) is 0.211. The molecule has 1 aromatic heterocycles. The lowest BCUT2D eigenvalue weighted by molar-refractivity contribution is -0.384. The second-order valence-electron chi connectivity index (χ2n) is 6.12. The Morgan fingerprint density at radius 1 is 1.11 bits per heavy atom. The number of aromatic nitrogens is 2. The fourth-order valence-corrected chi connectivity index (χ4v) is 2.75. The zero-order chi connectivity index (χ0) is 19.9. The van der Waals surface area contributed by atoms with Gasteiger partial charge in [-0.2, -0.15) is 0 Å². The number of carbonyl (C=O) groups is 2. The van der Waals surface area contributed by atoms with Gasteiger partial charge in [0.25, 0.3) is 11.6 Å². The monoisotopic (exact) mass is 381 g/mol. The van der Waals surface area contributed by atoms with Crippen LogP contribution in [0.1, 0.15) is 16.8 Å². The molecule has 3 rings (SSSR count). The summed E-state index contributed by atoms with van der Waals surface area (Å²) in [6.45, 7) is 0.967. The van der Waals surface area contributed by atoms with E-state index in [1.165, 1.54) is 24.3 Å².